The number of fused-ring (bicyclic) bond motifs is 1. The summed E-state index contributed by atoms with van der Waals surface area (Å²) in [5.74, 6) is 8.46. The lowest BCUT2D eigenvalue weighted by atomic mass is 10.1. The van der Waals surface area contributed by atoms with Crippen LogP contribution in [-0.2, 0) is 30.3 Å². The zero-order valence-electron chi connectivity index (χ0n) is 18.7. The molecule has 1 aliphatic carbocycles. The summed E-state index contributed by atoms with van der Waals surface area (Å²) in [4.78, 5) is 43.2. The van der Waals surface area contributed by atoms with Crippen LogP contribution in [0.3, 0.4) is 0 Å². The van der Waals surface area contributed by atoms with E-state index in [4.69, 9.17) is 15.0 Å². The third kappa shape index (κ3) is 5.93. The van der Waals surface area contributed by atoms with Crippen LogP contribution in [0.15, 0.2) is 12.3 Å². The van der Waals surface area contributed by atoms with E-state index in [2.05, 4.69) is 28.2 Å². The SMILES string of the molecule is C[C@@](CCN1Cc2cc(C#CC#C[C@H]3C[C@]3(F)COP(=O)(O)O)cn2C1=O)(C(=O)NO)S(C)(=O)=O. The average Bonchev–Trinajstić information content (AvgIpc) is 3.08. The second-order valence-corrected chi connectivity index (χ2v) is 12.2. The Kier molecular flexibility index (Phi) is 7.21. The van der Waals surface area contributed by atoms with Crippen molar-refractivity contribution in [3.8, 4) is 23.7 Å². The predicted molar refractivity (Wildman–Crippen MR) is 118 cm³/mol. The summed E-state index contributed by atoms with van der Waals surface area (Å²) in [6.07, 6.45) is 2.09. The van der Waals surface area contributed by atoms with Crippen molar-refractivity contribution in [2.24, 2.45) is 5.92 Å². The predicted octanol–water partition coefficient (Wildman–Crippen LogP) is 0.163. The van der Waals surface area contributed by atoms with E-state index in [0.29, 0.717) is 11.3 Å². The number of rotatable bonds is 8. The maximum Gasteiger partial charge on any atom is 0.469 e. The summed E-state index contributed by atoms with van der Waals surface area (Å²) in [6, 6.07) is 1.19. The molecule has 0 saturated heterocycles. The van der Waals surface area contributed by atoms with Crippen LogP contribution in [0.1, 0.15) is 31.0 Å². The molecule has 1 aliphatic heterocycles. The Bertz CT molecular complexity index is 1330. The summed E-state index contributed by atoms with van der Waals surface area (Å²) in [5.41, 5.74) is 0.487. The van der Waals surface area contributed by atoms with Gasteiger partial charge in [0.1, 0.15) is 5.67 Å². The standard InChI is InChI=1S/C20H23FN3O9PS/c1-19(17(25)22-27,35(2,31)32)7-8-23-12-16-9-14(11-24(16)18(23)26)5-3-4-6-15-10-20(15,21)13-33-34(28,29)30/h9,11,15,27H,7-8,10,12-13H2,1-2H3,(H,22,25)(H2,28,29,30)/t15-,19+,20-/m0/s1. The first kappa shape index (κ1) is 26.9. The normalized spacial score (nSPS) is 22.9. The Hall–Kier alpha value is -2.71. The lowest BCUT2D eigenvalue weighted by molar-refractivity contribution is -0.131. The van der Waals surface area contributed by atoms with Crippen LogP contribution in [0.4, 0.5) is 9.18 Å². The van der Waals surface area contributed by atoms with Gasteiger partial charge in [0, 0.05) is 36.7 Å². The van der Waals surface area contributed by atoms with Gasteiger partial charge in [-0.3, -0.25) is 19.1 Å². The van der Waals surface area contributed by atoms with Crippen LogP contribution in [0.2, 0.25) is 0 Å². The Morgan fingerprint density at radius 2 is 2.11 bits per heavy atom. The van der Waals surface area contributed by atoms with Gasteiger partial charge < -0.3 is 14.7 Å². The summed E-state index contributed by atoms with van der Waals surface area (Å²) in [5, 5.41) is 8.89. The van der Waals surface area contributed by atoms with Gasteiger partial charge in [0.25, 0.3) is 5.91 Å². The van der Waals surface area contributed by atoms with Crippen molar-refractivity contribution in [2.45, 2.75) is 36.7 Å². The van der Waals surface area contributed by atoms with Gasteiger partial charge in [0.15, 0.2) is 14.6 Å². The fourth-order valence-corrected chi connectivity index (χ4v) is 4.67. The monoisotopic (exact) mass is 531 g/mol. The third-order valence-electron chi connectivity index (χ3n) is 5.98. The smallest absolute Gasteiger partial charge is 0.318 e. The van der Waals surface area contributed by atoms with Crippen molar-refractivity contribution < 1.29 is 46.5 Å². The van der Waals surface area contributed by atoms with E-state index in [1.807, 2.05) is 0 Å². The molecule has 0 bridgehead atoms. The lowest BCUT2D eigenvalue weighted by Crippen LogP contribution is -2.50. The molecule has 2 amide bonds. The van der Waals surface area contributed by atoms with E-state index in [-0.39, 0.29) is 25.9 Å². The van der Waals surface area contributed by atoms with E-state index < -0.39 is 52.5 Å². The van der Waals surface area contributed by atoms with E-state index in [9.17, 15) is 27.0 Å². The van der Waals surface area contributed by atoms with Crippen LogP contribution in [-0.4, -0.2) is 74.6 Å². The molecule has 3 atom stereocenters. The number of sulfone groups is 1. The van der Waals surface area contributed by atoms with Gasteiger partial charge in [-0.15, -0.1) is 0 Å². The molecule has 0 spiro atoms. The van der Waals surface area contributed by atoms with Crippen molar-refractivity contribution >= 4 is 29.6 Å². The van der Waals surface area contributed by atoms with E-state index >= 15 is 0 Å². The number of carbonyl (C=O) groups excluding carboxylic acids is 2. The van der Waals surface area contributed by atoms with E-state index in [0.717, 1.165) is 6.26 Å². The summed E-state index contributed by atoms with van der Waals surface area (Å²) >= 11 is 0. The number of halogens is 1. The molecule has 0 unspecified atom stereocenters. The number of hydrogen-bond donors (Lipinski definition) is 4. The molecule has 1 saturated carbocycles. The Balaban J connectivity index is 1.59. The van der Waals surface area contributed by atoms with Gasteiger partial charge in [-0.1, -0.05) is 11.8 Å². The quantitative estimate of drug-likeness (QED) is 0.158. The highest BCUT2D eigenvalue weighted by Gasteiger charge is 2.56. The number of amides is 2. The van der Waals surface area contributed by atoms with Crippen molar-refractivity contribution in [2.75, 3.05) is 19.4 Å². The minimum absolute atomic E-state index is 0.0229. The number of phosphoric ester groups is 1. The van der Waals surface area contributed by atoms with Crippen LogP contribution in [0, 0.1) is 29.6 Å². The number of hydroxylamine groups is 1. The van der Waals surface area contributed by atoms with E-state index in [1.54, 1.807) is 6.07 Å². The maximum atomic E-state index is 14.2. The first-order valence-corrected chi connectivity index (χ1v) is 13.6. The molecule has 1 aromatic rings. The number of carbonyl (C=O) groups is 2. The Morgan fingerprint density at radius 1 is 1.43 bits per heavy atom. The minimum Gasteiger partial charge on any atom is -0.318 e. The van der Waals surface area contributed by atoms with Gasteiger partial charge in [-0.05, 0) is 31.3 Å². The summed E-state index contributed by atoms with van der Waals surface area (Å²) in [6.45, 7) is 0.506. The summed E-state index contributed by atoms with van der Waals surface area (Å²) < 4.78 is 52.5. The largest absolute Gasteiger partial charge is 0.469 e. The molecular formula is C20H23FN3O9PS. The van der Waals surface area contributed by atoms with Crippen LogP contribution in [0.25, 0.3) is 0 Å². The molecule has 1 aromatic heterocycles. The maximum absolute atomic E-state index is 14.2. The number of nitrogens with one attached hydrogen (secondary N) is 1. The minimum atomic E-state index is -4.76. The highest BCUT2D eigenvalue weighted by Crippen LogP contribution is 2.50. The Morgan fingerprint density at radius 3 is 2.69 bits per heavy atom. The highest BCUT2D eigenvalue weighted by molar-refractivity contribution is 7.92. The highest BCUT2D eigenvalue weighted by atomic mass is 32.2. The fraction of sp³-hybridized carbons (Fsp3) is 0.500. The molecule has 35 heavy (non-hydrogen) atoms. The van der Waals surface area contributed by atoms with Gasteiger partial charge in [0.05, 0.1) is 19.1 Å². The molecule has 3 rings (SSSR count). The van der Waals surface area contributed by atoms with E-state index in [1.165, 1.54) is 28.1 Å². The molecule has 0 radical (unpaired) electrons. The van der Waals surface area contributed by atoms with Gasteiger partial charge in [-0.2, -0.15) is 0 Å². The molecule has 12 nitrogen and oxygen atoms in total. The molecule has 0 aromatic carbocycles. The molecule has 190 valence electrons. The summed E-state index contributed by atoms with van der Waals surface area (Å²) in [7, 11) is -8.65. The van der Waals surface area contributed by atoms with Crippen LogP contribution in [0.5, 0.6) is 0 Å². The number of nitrogens with zero attached hydrogens (tertiary/aromatic N) is 2. The fourth-order valence-electron chi connectivity index (χ4n) is 3.44. The molecular weight excluding hydrogens is 508 g/mol. The Labute approximate surface area is 200 Å². The molecule has 2 heterocycles. The zero-order chi connectivity index (χ0) is 26.2. The second kappa shape index (κ2) is 9.39. The van der Waals surface area contributed by atoms with Gasteiger partial charge in [-0.25, -0.2) is 27.6 Å². The van der Waals surface area contributed by atoms with Crippen molar-refractivity contribution in [3.63, 3.8) is 0 Å². The molecule has 1 fully saturated rings. The van der Waals surface area contributed by atoms with Crippen molar-refractivity contribution in [1.29, 1.82) is 0 Å². The number of aromatic nitrogens is 1. The topological polar surface area (TPSA) is 175 Å². The molecule has 4 N–H and O–H groups in total. The lowest BCUT2D eigenvalue weighted by Gasteiger charge is -2.27. The third-order valence-corrected chi connectivity index (χ3v) is 8.48. The van der Waals surface area contributed by atoms with Crippen LogP contribution >= 0.6 is 7.82 Å². The first-order valence-electron chi connectivity index (χ1n) is 10.1. The van der Waals surface area contributed by atoms with Crippen molar-refractivity contribution in [1.82, 2.24) is 14.9 Å². The van der Waals surface area contributed by atoms with Crippen LogP contribution < -0.4 is 5.48 Å². The number of alkyl halides is 1. The first-order chi connectivity index (χ1) is 16.1. The van der Waals surface area contributed by atoms with Gasteiger partial charge in [0.2, 0.25) is 0 Å². The zero-order valence-corrected chi connectivity index (χ0v) is 20.4. The number of phosphoric acid groups is 1. The molecule has 2 aliphatic rings. The van der Waals surface area contributed by atoms with Gasteiger partial charge >= 0.3 is 13.9 Å². The molecule has 15 heteroatoms. The van der Waals surface area contributed by atoms with Crippen molar-refractivity contribution in [3.05, 3.63) is 23.5 Å². The number of hydrogen-bond acceptors (Lipinski definition) is 7. The average molecular weight is 531 g/mol. The second-order valence-electron chi connectivity index (χ2n) is 8.56.